The number of anilines is 2. The maximum absolute atomic E-state index is 13.3. The van der Waals surface area contributed by atoms with Crippen LogP contribution in [0.5, 0.6) is 0 Å². The first-order chi connectivity index (χ1) is 17.5. The molecule has 3 aromatic carbocycles. The van der Waals surface area contributed by atoms with Crippen molar-refractivity contribution in [2.45, 2.75) is 53.0 Å². The number of aromatic nitrogens is 2. The molecule has 0 bridgehead atoms. The number of carbonyl (C=O) groups is 2. The SMILES string of the molecule is Cc1ccccc1-n1nc(C(C)(C)C)cc1NC(=O)CN(C(=O)Nc1cccc2ccccc12)C(C)C. The maximum atomic E-state index is 13.3. The van der Waals surface area contributed by atoms with E-state index in [-0.39, 0.29) is 29.9 Å². The van der Waals surface area contributed by atoms with Crippen molar-refractivity contribution in [1.29, 1.82) is 0 Å². The average molecular weight is 498 g/mol. The van der Waals surface area contributed by atoms with E-state index in [0.717, 1.165) is 27.7 Å². The summed E-state index contributed by atoms with van der Waals surface area (Å²) in [6.07, 6.45) is 0. The topological polar surface area (TPSA) is 79.3 Å². The minimum atomic E-state index is -0.329. The van der Waals surface area contributed by atoms with Crippen molar-refractivity contribution >= 4 is 34.2 Å². The third-order valence-electron chi connectivity index (χ3n) is 6.32. The highest BCUT2D eigenvalue weighted by atomic mass is 16.2. The smallest absolute Gasteiger partial charge is 0.313 e. The van der Waals surface area contributed by atoms with E-state index in [1.54, 1.807) is 4.68 Å². The van der Waals surface area contributed by atoms with Gasteiger partial charge in [-0.25, -0.2) is 9.48 Å². The van der Waals surface area contributed by atoms with Gasteiger partial charge < -0.3 is 15.5 Å². The van der Waals surface area contributed by atoms with Gasteiger partial charge in [0.05, 0.1) is 17.1 Å². The zero-order chi connectivity index (χ0) is 26.7. The van der Waals surface area contributed by atoms with Crippen molar-refractivity contribution in [3.63, 3.8) is 0 Å². The van der Waals surface area contributed by atoms with Crippen molar-refractivity contribution in [3.8, 4) is 5.69 Å². The van der Waals surface area contributed by atoms with Crippen LogP contribution in [0.25, 0.3) is 16.5 Å². The molecule has 0 saturated heterocycles. The number of amides is 3. The number of nitrogens with one attached hydrogen (secondary N) is 2. The third kappa shape index (κ3) is 5.82. The van der Waals surface area contributed by atoms with E-state index in [0.29, 0.717) is 11.5 Å². The summed E-state index contributed by atoms with van der Waals surface area (Å²) in [5.74, 6) is 0.277. The first-order valence-electron chi connectivity index (χ1n) is 12.6. The molecule has 0 radical (unpaired) electrons. The number of carbonyl (C=O) groups excluding carboxylic acids is 2. The van der Waals surface area contributed by atoms with Gasteiger partial charge in [0.25, 0.3) is 0 Å². The molecule has 0 aliphatic heterocycles. The van der Waals surface area contributed by atoms with Crippen LogP contribution in [0.2, 0.25) is 0 Å². The van der Waals surface area contributed by atoms with Crippen LogP contribution in [0.15, 0.2) is 72.8 Å². The van der Waals surface area contributed by atoms with Crippen LogP contribution in [0, 0.1) is 6.92 Å². The Hall–Kier alpha value is -4.13. The normalized spacial score (nSPS) is 11.5. The van der Waals surface area contributed by atoms with Crippen molar-refractivity contribution in [2.24, 2.45) is 0 Å². The number of urea groups is 1. The average Bonchev–Trinajstić information content (AvgIpc) is 3.27. The van der Waals surface area contributed by atoms with E-state index in [1.807, 2.05) is 93.6 Å². The molecule has 0 aliphatic carbocycles. The van der Waals surface area contributed by atoms with Gasteiger partial charge in [0.2, 0.25) is 5.91 Å². The molecule has 0 spiro atoms. The van der Waals surface area contributed by atoms with Gasteiger partial charge in [0, 0.05) is 22.9 Å². The molecule has 7 heteroatoms. The molecule has 192 valence electrons. The summed E-state index contributed by atoms with van der Waals surface area (Å²) < 4.78 is 1.77. The molecule has 1 heterocycles. The minimum Gasteiger partial charge on any atom is -0.313 e. The van der Waals surface area contributed by atoms with Crippen LogP contribution in [0.1, 0.15) is 45.9 Å². The Labute approximate surface area is 218 Å². The van der Waals surface area contributed by atoms with Gasteiger partial charge in [0.1, 0.15) is 12.4 Å². The Bertz CT molecular complexity index is 1430. The third-order valence-corrected chi connectivity index (χ3v) is 6.32. The zero-order valence-electron chi connectivity index (χ0n) is 22.4. The fourth-order valence-electron chi connectivity index (χ4n) is 4.17. The summed E-state index contributed by atoms with van der Waals surface area (Å²) >= 11 is 0. The lowest BCUT2D eigenvalue weighted by Crippen LogP contribution is -2.44. The molecule has 4 rings (SSSR count). The summed E-state index contributed by atoms with van der Waals surface area (Å²) in [4.78, 5) is 28.0. The molecule has 1 aromatic heterocycles. The first-order valence-corrected chi connectivity index (χ1v) is 12.6. The Morgan fingerprint density at radius 3 is 2.32 bits per heavy atom. The Kier molecular flexibility index (Phi) is 7.34. The van der Waals surface area contributed by atoms with Crippen LogP contribution in [-0.4, -0.2) is 39.2 Å². The van der Waals surface area contributed by atoms with Gasteiger partial charge in [-0.1, -0.05) is 75.4 Å². The molecule has 37 heavy (non-hydrogen) atoms. The highest BCUT2D eigenvalue weighted by molar-refractivity contribution is 6.03. The predicted octanol–water partition coefficient (Wildman–Crippen LogP) is 6.51. The lowest BCUT2D eigenvalue weighted by atomic mass is 9.92. The lowest BCUT2D eigenvalue weighted by Gasteiger charge is -2.26. The summed E-state index contributed by atoms with van der Waals surface area (Å²) in [5.41, 5.74) is 3.31. The number of hydrogen-bond acceptors (Lipinski definition) is 3. The number of nitrogens with zero attached hydrogens (tertiary/aromatic N) is 3. The molecular weight excluding hydrogens is 462 g/mol. The molecule has 4 aromatic rings. The zero-order valence-corrected chi connectivity index (χ0v) is 22.4. The second kappa shape index (κ2) is 10.5. The van der Waals surface area contributed by atoms with E-state index in [2.05, 4.69) is 31.4 Å². The minimum absolute atomic E-state index is 0.0991. The highest BCUT2D eigenvalue weighted by Crippen LogP contribution is 2.28. The van der Waals surface area contributed by atoms with Crippen LogP contribution in [0.4, 0.5) is 16.3 Å². The predicted molar refractivity (Wildman–Crippen MR) is 150 cm³/mol. The molecule has 7 nitrogen and oxygen atoms in total. The van der Waals surface area contributed by atoms with Gasteiger partial charge >= 0.3 is 6.03 Å². The molecule has 0 aliphatic rings. The number of hydrogen-bond donors (Lipinski definition) is 2. The molecule has 0 fully saturated rings. The quantitative estimate of drug-likeness (QED) is 0.319. The van der Waals surface area contributed by atoms with Crippen LogP contribution in [0.3, 0.4) is 0 Å². The Balaban J connectivity index is 1.56. The van der Waals surface area contributed by atoms with Gasteiger partial charge in [-0.15, -0.1) is 0 Å². The first kappa shape index (κ1) is 25.9. The number of para-hydroxylation sites is 1. The summed E-state index contributed by atoms with van der Waals surface area (Å²) in [5, 5.41) is 12.8. The van der Waals surface area contributed by atoms with Gasteiger partial charge in [-0.3, -0.25) is 4.79 Å². The Morgan fingerprint density at radius 2 is 1.62 bits per heavy atom. The van der Waals surface area contributed by atoms with Crippen molar-refractivity contribution in [3.05, 3.63) is 84.1 Å². The highest BCUT2D eigenvalue weighted by Gasteiger charge is 2.25. The van der Waals surface area contributed by atoms with Crippen LogP contribution >= 0.6 is 0 Å². The summed E-state index contributed by atoms with van der Waals surface area (Å²) in [6, 6.07) is 22.9. The summed E-state index contributed by atoms with van der Waals surface area (Å²) in [7, 11) is 0. The van der Waals surface area contributed by atoms with E-state index in [4.69, 9.17) is 5.10 Å². The fraction of sp³-hybridized carbons (Fsp3) is 0.300. The van der Waals surface area contributed by atoms with E-state index < -0.39 is 0 Å². The maximum Gasteiger partial charge on any atom is 0.322 e. The summed E-state index contributed by atoms with van der Waals surface area (Å²) in [6.45, 7) is 12.0. The number of rotatable bonds is 6. The second-order valence-electron chi connectivity index (χ2n) is 10.6. The molecule has 0 atom stereocenters. The second-order valence-corrected chi connectivity index (χ2v) is 10.6. The number of fused-ring (bicyclic) bond motifs is 1. The van der Waals surface area contributed by atoms with E-state index >= 15 is 0 Å². The lowest BCUT2D eigenvalue weighted by molar-refractivity contribution is -0.117. The molecular formula is C30H35N5O2. The van der Waals surface area contributed by atoms with Gasteiger partial charge in [-0.05, 0) is 43.9 Å². The largest absolute Gasteiger partial charge is 0.322 e. The van der Waals surface area contributed by atoms with Crippen LogP contribution in [-0.2, 0) is 10.2 Å². The van der Waals surface area contributed by atoms with Crippen LogP contribution < -0.4 is 10.6 Å². The van der Waals surface area contributed by atoms with Crippen molar-refractivity contribution in [1.82, 2.24) is 14.7 Å². The van der Waals surface area contributed by atoms with Crippen molar-refractivity contribution < 1.29 is 9.59 Å². The Morgan fingerprint density at radius 1 is 0.946 bits per heavy atom. The molecule has 0 unspecified atom stereocenters. The van der Waals surface area contributed by atoms with E-state index in [1.165, 1.54) is 4.90 Å². The van der Waals surface area contributed by atoms with Crippen molar-refractivity contribution in [2.75, 3.05) is 17.2 Å². The van der Waals surface area contributed by atoms with Gasteiger partial charge in [0.15, 0.2) is 0 Å². The standard InChI is InChI=1S/C30H35N5O2/c1-20(2)34(29(37)31-24-16-11-14-22-13-8-9-15-23(22)24)19-28(36)32-27-18-26(30(4,5)6)33-35(27)25-17-10-7-12-21(25)3/h7-18,20H,19H2,1-6H3,(H,31,37)(H,32,36). The number of aryl methyl sites for hydroxylation is 1. The molecule has 3 amide bonds. The monoisotopic (exact) mass is 497 g/mol. The fourth-order valence-corrected chi connectivity index (χ4v) is 4.17. The van der Waals surface area contributed by atoms with Gasteiger partial charge in [-0.2, -0.15) is 5.10 Å². The molecule has 2 N–H and O–H groups in total. The molecule has 0 saturated carbocycles. The number of benzene rings is 3. The van der Waals surface area contributed by atoms with E-state index in [9.17, 15) is 9.59 Å².